The van der Waals surface area contributed by atoms with Crippen molar-refractivity contribution in [3.63, 3.8) is 0 Å². The van der Waals surface area contributed by atoms with Gasteiger partial charge in [0.15, 0.2) is 11.6 Å². The molecule has 0 aromatic heterocycles. The van der Waals surface area contributed by atoms with Crippen LogP contribution in [-0.4, -0.2) is 60.9 Å². The summed E-state index contributed by atoms with van der Waals surface area (Å²) in [6, 6.07) is 0.779. The van der Waals surface area contributed by atoms with Crippen LogP contribution in [-0.2, 0) is 9.59 Å². The van der Waals surface area contributed by atoms with Gasteiger partial charge in [-0.15, -0.1) is 0 Å². The molecule has 1 saturated carbocycles. The first kappa shape index (κ1) is 26.8. The highest BCUT2D eigenvalue weighted by Gasteiger charge is 2.41. The fourth-order valence-electron chi connectivity index (χ4n) is 4.97. The second kappa shape index (κ2) is 12.3. The van der Waals surface area contributed by atoms with Gasteiger partial charge < -0.3 is 10.2 Å². The third kappa shape index (κ3) is 6.33. The molecular weight excluding hydrogens is 475 g/mol. The lowest BCUT2D eigenvalue weighted by molar-refractivity contribution is -0.119. The maximum absolute atomic E-state index is 15.1. The molecule has 2 atom stereocenters. The summed E-state index contributed by atoms with van der Waals surface area (Å²) < 4.78 is 18.2. The highest BCUT2D eigenvalue weighted by atomic mass is 32.2. The van der Waals surface area contributed by atoms with Gasteiger partial charge in [0, 0.05) is 36.3 Å². The molecule has 2 N–H and O–H groups in total. The van der Waals surface area contributed by atoms with Crippen molar-refractivity contribution in [1.82, 2.24) is 14.9 Å². The van der Waals surface area contributed by atoms with Crippen LogP contribution in [0.25, 0.3) is 0 Å². The number of hydrogen-bond donors (Lipinski definition) is 2. The average molecular weight is 513 g/mol. The van der Waals surface area contributed by atoms with Gasteiger partial charge in [-0.05, 0) is 75.2 Å². The lowest BCUT2D eigenvalue weighted by Gasteiger charge is -2.28. The highest BCUT2D eigenvalue weighted by Crippen LogP contribution is 2.41. The Morgan fingerprint density at radius 1 is 1.31 bits per heavy atom. The molecule has 2 fully saturated rings. The summed E-state index contributed by atoms with van der Waals surface area (Å²) in [6.07, 6.45) is 14.0. The van der Waals surface area contributed by atoms with Crippen molar-refractivity contribution in [2.24, 2.45) is 10.9 Å². The Balaban J connectivity index is 1.50. The standard InChI is InChI=1S/C28H37FN4O2S/c1-4-19(24-7-6-11-31-24)10-12-30-15-18(3)13-21(29)14-23-20(5-2)17-33(22-8-9-22)28-26(27(23)35)25(34)16-32-36-28/h5,10,13-15,18,22,24,31-32H,4,6-9,11-12,16-17H2,1-3H3/b19-10+,20-5-,21-13-,23-14+,30-15?. The highest BCUT2D eigenvalue weighted by molar-refractivity contribution is 8.01. The van der Waals surface area contributed by atoms with Crippen LogP contribution >= 0.6 is 11.9 Å². The molecule has 8 heteroatoms. The van der Waals surface area contributed by atoms with E-state index in [2.05, 4.69) is 32.9 Å². The van der Waals surface area contributed by atoms with Gasteiger partial charge in [0.2, 0.25) is 0 Å². The number of hydrogen-bond acceptors (Lipinski definition) is 7. The molecule has 1 saturated heterocycles. The maximum Gasteiger partial charge on any atom is 0.199 e. The van der Waals surface area contributed by atoms with Crippen LogP contribution in [0.4, 0.5) is 4.39 Å². The van der Waals surface area contributed by atoms with Crippen molar-refractivity contribution in [2.45, 2.75) is 65.0 Å². The first-order valence-corrected chi connectivity index (χ1v) is 13.9. The van der Waals surface area contributed by atoms with E-state index in [9.17, 15) is 9.59 Å². The molecule has 2 unspecified atom stereocenters. The van der Waals surface area contributed by atoms with Crippen LogP contribution in [0.15, 0.2) is 62.4 Å². The minimum Gasteiger partial charge on any atom is -0.357 e. The molecule has 0 amide bonds. The Hall–Kier alpha value is -2.29. The van der Waals surface area contributed by atoms with E-state index in [1.54, 1.807) is 6.21 Å². The summed E-state index contributed by atoms with van der Waals surface area (Å²) >= 11 is 1.34. The van der Waals surface area contributed by atoms with E-state index >= 15 is 4.39 Å². The number of aliphatic imine (C=N–C) groups is 1. The second-order valence-electron chi connectivity index (χ2n) is 9.79. The van der Waals surface area contributed by atoms with E-state index in [0.29, 0.717) is 30.2 Å². The Morgan fingerprint density at radius 3 is 2.78 bits per heavy atom. The molecule has 36 heavy (non-hydrogen) atoms. The smallest absolute Gasteiger partial charge is 0.199 e. The van der Waals surface area contributed by atoms with Crippen LogP contribution in [0.2, 0.25) is 0 Å². The van der Waals surface area contributed by atoms with Crippen LogP contribution in [0.3, 0.4) is 0 Å². The fraction of sp³-hybridized carbons (Fsp3) is 0.536. The zero-order valence-corrected chi connectivity index (χ0v) is 22.3. The quantitative estimate of drug-likeness (QED) is 0.163. The van der Waals surface area contributed by atoms with Crippen molar-refractivity contribution in [3.05, 3.63) is 57.5 Å². The van der Waals surface area contributed by atoms with Crippen LogP contribution in [0, 0.1) is 5.92 Å². The molecule has 0 radical (unpaired) electrons. The number of ketones is 2. The monoisotopic (exact) mass is 512 g/mol. The topological polar surface area (TPSA) is 73.8 Å². The lowest BCUT2D eigenvalue weighted by atomic mass is 9.95. The normalized spacial score (nSPS) is 27.4. The van der Waals surface area contributed by atoms with Gasteiger partial charge >= 0.3 is 0 Å². The summed E-state index contributed by atoms with van der Waals surface area (Å²) in [5.41, 5.74) is 2.58. The summed E-state index contributed by atoms with van der Waals surface area (Å²) in [4.78, 5) is 32.8. The number of rotatable bonds is 8. The fourth-order valence-corrected chi connectivity index (χ4v) is 5.95. The van der Waals surface area contributed by atoms with Crippen molar-refractivity contribution < 1.29 is 14.0 Å². The number of Topliss-reactive ketones (excluding diaryl/α,β-unsaturated/α-hetero) is 2. The zero-order valence-electron chi connectivity index (χ0n) is 21.5. The number of carbonyl (C=O) groups excluding carboxylic acids is 2. The number of carbonyl (C=O) groups is 2. The van der Waals surface area contributed by atoms with E-state index in [4.69, 9.17) is 0 Å². The Morgan fingerprint density at radius 2 is 2.11 bits per heavy atom. The molecule has 3 heterocycles. The average Bonchev–Trinajstić information content (AvgIpc) is 3.58. The molecular formula is C28H37FN4O2S. The predicted octanol–water partition coefficient (Wildman–Crippen LogP) is 4.59. The van der Waals surface area contributed by atoms with Crippen molar-refractivity contribution in [2.75, 3.05) is 26.2 Å². The van der Waals surface area contributed by atoms with Gasteiger partial charge in [0.25, 0.3) is 0 Å². The number of allylic oxidation sites excluding steroid dienone is 4. The molecule has 6 nitrogen and oxygen atoms in total. The van der Waals surface area contributed by atoms with E-state index < -0.39 is 5.83 Å². The van der Waals surface area contributed by atoms with Crippen LogP contribution in [0.5, 0.6) is 0 Å². The lowest BCUT2D eigenvalue weighted by Crippen LogP contribution is -2.34. The van der Waals surface area contributed by atoms with Gasteiger partial charge in [-0.2, -0.15) is 0 Å². The molecule has 4 aliphatic rings. The van der Waals surface area contributed by atoms with Gasteiger partial charge in [-0.25, -0.2) is 4.39 Å². The van der Waals surface area contributed by atoms with E-state index in [1.165, 1.54) is 42.5 Å². The summed E-state index contributed by atoms with van der Waals surface area (Å²) in [5.74, 6) is -1.34. The van der Waals surface area contributed by atoms with Gasteiger partial charge in [-0.1, -0.05) is 31.6 Å². The minimum atomic E-state index is -0.493. The van der Waals surface area contributed by atoms with Crippen molar-refractivity contribution >= 4 is 29.7 Å². The third-order valence-corrected chi connectivity index (χ3v) is 7.99. The van der Waals surface area contributed by atoms with Crippen LogP contribution < -0.4 is 10.0 Å². The minimum absolute atomic E-state index is 0.100. The maximum atomic E-state index is 15.1. The van der Waals surface area contributed by atoms with Crippen LogP contribution in [0.1, 0.15) is 52.9 Å². The Kier molecular flexibility index (Phi) is 9.14. The molecule has 0 spiro atoms. The SMILES string of the molecule is C/C=C1/CN(C2CC2)C2=C(C(=O)CNS2)C(=O)/C1=C/C(F)=C/C(C)C=NC/C=C(\CC)C1CCCN1. The molecule has 3 aliphatic heterocycles. The first-order chi connectivity index (χ1) is 17.4. The van der Waals surface area contributed by atoms with Gasteiger partial charge in [-0.3, -0.25) is 19.3 Å². The zero-order chi connectivity index (χ0) is 25.7. The molecule has 0 bridgehead atoms. The number of nitrogens with zero attached hydrogens (tertiary/aromatic N) is 2. The van der Waals surface area contributed by atoms with Gasteiger partial charge in [0.05, 0.1) is 18.7 Å². The number of nitrogens with one attached hydrogen (secondary N) is 2. The Labute approximate surface area is 218 Å². The van der Waals surface area contributed by atoms with Gasteiger partial charge in [0.1, 0.15) is 10.9 Å². The molecule has 0 aromatic rings. The number of halogens is 1. The summed E-state index contributed by atoms with van der Waals surface area (Å²) in [7, 11) is 0. The largest absolute Gasteiger partial charge is 0.357 e. The van der Waals surface area contributed by atoms with E-state index in [-0.39, 0.29) is 35.2 Å². The summed E-state index contributed by atoms with van der Waals surface area (Å²) in [5, 5.41) is 4.20. The molecule has 1 aliphatic carbocycles. The second-order valence-corrected chi connectivity index (χ2v) is 10.7. The molecule has 4 rings (SSSR count). The first-order valence-electron chi connectivity index (χ1n) is 13.1. The molecule has 0 aromatic carbocycles. The molecule has 194 valence electrons. The van der Waals surface area contributed by atoms with Crippen molar-refractivity contribution in [1.29, 1.82) is 0 Å². The van der Waals surface area contributed by atoms with E-state index in [0.717, 1.165) is 31.4 Å². The van der Waals surface area contributed by atoms with Crippen molar-refractivity contribution in [3.8, 4) is 0 Å². The predicted molar refractivity (Wildman–Crippen MR) is 145 cm³/mol. The summed E-state index contributed by atoms with van der Waals surface area (Å²) in [6.45, 7) is 8.13. The third-order valence-electron chi connectivity index (χ3n) is 7.07. The van der Waals surface area contributed by atoms with E-state index in [1.807, 2.05) is 19.9 Å². The Bertz CT molecular complexity index is 1060.